The Bertz CT molecular complexity index is 822. The van der Waals surface area contributed by atoms with E-state index in [1.165, 1.54) is 0 Å². The van der Waals surface area contributed by atoms with Crippen molar-refractivity contribution in [1.29, 1.82) is 0 Å². The highest BCUT2D eigenvalue weighted by Crippen LogP contribution is 2.24. The van der Waals surface area contributed by atoms with E-state index < -0.39 is 6.04 Å². The lowest BCUT2D eigenvalue weighted by molar-refractivity contribution is -0.118. The van der Waals surface area contributed by atoms with Crippen molar-refractivity contribution in [2.45, 2.75) is 40.2 Å². The van der Waals surface area contributed by atoms with Crippen LogP contribution in [0.4, 0.5) is 5.69 Å². The number of hydrogen-bond acceptors (Lipinski definition) is 2. The topological polar surface area (TPSA) is 49.4 Å². The highest BCUT2D eigenvalue weighted by Gasteiger charge is 2.34. The second kappa shape index (κ2) is 6.71. The summed E-state index contributed by atoms with van der Waals surface area (Å²) in [7, 11) is 0. The predicted molar refractivity (Wildman–Crippen MR) is 100 cm³/mol. The molecule has 1 fully saturated rings. The lowest BCUT2D eigenvalue weighted by Crippen LogP contribution is -2.41. The van der Waals surface area contributed by atoms with E-state index in [4.69, 9.17) is 0 Å². The van der Waals surface area contributed by atoms with E-state index in [0.29, 0.717) is 18.5 Å². The first-order chi connectivity index (χ1) is 11.8. The van der Waals surface area contributed by atoms with Crippen LogP contribution in [0.1, 0.15) is 39.0 Å². The van der Waals surface area contributed by atoms with Crippen LogP contribution >= 0.6 is 0 Å². The number of benzene rings is 2. The number of nitrogens with zero attached hydrogens (tertiary/aromatic N) is 1. The van der Waals surface area contributed by atoms with Crippen LogP contribution in [0.15, 0.2) is 36.4 Å². The number of carbonyl (C=O) groups is 2. The number of rotatable bonds is 3. The van der Waals surface area contributed by atoms with Gasteiger partial charge in [-0.15, -0.1) is 0 Å². The largest absolute Gasteiger partial charge is 0.340 e. The van der Waals surface area contributed by atoms with E-state index in [2.05, 4.69) is 11.4 Å². The Hall–Kier alpha value is -2.62. The molecule has 2 aromatic rings. The van der Waals surface area contributed by atoms with Gasteiger partial charge in [-0.2, -0.15) is 0 Å². The van der Waals surface area contributed by atoms with Crippen LogP contribution in [-0.2, 0) is 4.79 Å². The fourth-order valence-corrected chi connectivity index (χ4v) is 3.39. The standard InChI is InChI=1S/C21H24N2O2/c1-13-5-6-16(4)18(12-13)20(24)22-19-7-8-23(21(19)25)17-10-14(2)9-15(3)11-17/h5-6,9-12,19H,7-8H2,1-4H3,(H,22,24)/t19-/m0/s1. The molecule has 1 N–H and O–H groups in total. The summed E-state index contributed by atoms with van der Waals surface area (Å²) < 4.78 is 0. The van der Waals surface area contributed by atoms with Crippen LogP contribution in [0.5, 0.6) is 0 Å². The van der Waals surface area contributed by atoms with Gasteiger partial charge in [-0.1, -0.05) is 23.8 Å². The molecule has 25 heavy (non-hydrogen) atoms. The first-order valence-electron chi connectivity index (χ1n) is 8.63. The smallest absolute Gasteiger partial charge is 0.252 e. The van der Waals surface area contributed by atoms with Crippen molar-refractivity contribution in [2.75, 3.05) is 11.4 Å². The molecule has 0 saturated carbocycles. The molecule has 0 aliphatic carbocycles. The SMILES string of the molecule is Cc1cc(C)cc(N2CC[C@H](NC(=O)c3cc(C)ccc3C)C2=O)c1. The first kappa shape index (κ1) is 17.2. The molecule has 0 aromatic heterocycles. The average molecular weight is 336 g/mol. The van der Waals surface area contributed by atoms with Crippen molar-refractivity contribution in [2.24, 2.45) is 0 Å². The zero-order chi connectivity index (χ0) is 18.1. The number of hydrogen-bond donors (Lipinski definition) is 1. The molecule has 0 bridgehead atoms. The molecule has 2 aromatic carbocycles. The molecule has 4 heteroatoms. The van der Waals surface area contributed by atoms with E-state index in [9.17, 15) is 9.59 Å². The van der Waals surface area contributed by atoms with E-state index in [-0.39, 0.29) is 11.8 Å². The van der Waals surface area contributed by atoms with Gasteiger partial charge in [0.15, 0.2) is 0 Å². The molecule has 4 nitrogen and oxygen atoms in total. The van der Waals surface area contributed by atoms with Gasteiger partial charge in [-0.05, 0) is 69.0 Å². The van der Waals surface area contributed by atoms with Gasteiger partial charge in [0.2, 0.25) is 5.91 Å². The molecule has 3 rings (SSSR count). The minimum absolute atomic E-state index is 0.0383. The average Bonchev–Trinajstić information content (AvgIpc) is 2.89. The van der Waals surface area contributed by atoms with Gasteiger partial charge >= 0.3 is 0 Å². The number of nitrogens with one attached hydrogen (secondary N) is 1. The molecule has 1 saturated heterocycles. The first-order valence-corrected chi connectivity index (χ1v) is 8.63. The van der Waals surface area contributed by atoms with Gasteiger partial charge in [0.05, 0.1) is 0 Å². The van der Waals surface area contributed by atoms with Crippen LogP contribution in [0.3, 0.4) is 0 Å². The maximum atomic E-state index is 12.8. The molecule has 1 aliphatic rings. The van der Waals surface area contributed by atoms with Crippen LogP contribution in [-0.4, -0.2) is 24.4 Å². The number of anilines is 1. The fourth-order valence-electron chi connectivity index (χ4n) is 3.39. The minimum atomic E-state index is -0.465. The molecular weight excluding hydrogens is 312 g/mol. The van der Waals surface area contributed by atoms with Gasteiger partial charge in [0.1, 0.15) is 6.04 Å². The van der Waals surface area contributed by atoms with Crippen LogP contribution in [0, 0.1) is 27.7 Å². The summed E-state index contributed by atoms with van der Waals surface area (Å²) >= 11 is 0. The van der Waals surface area contributed by atoms with E-state index in [0.717, 1.165) is 27.9 Å². The monoisotopic (exact) mass is 336 g/mol. The summed E-state index contributed by atoms with van der Waals surface area (Å²) in [5.41, 5.74) is 5.75. The Balaban J connectivity index is 1.76. The summed E-state index contributed by atoms with van der Waals surface area (Å²) in [6.07, 6.45) is 0.627. The maximum absolute atomic E-state index is 12.8. The summed E-state index contributed by atoms with van der Waals surface area (Å²) in [4.78, 5) is 27.1. The summed E-state index contributed by atoms with van der Waals surface area (Å²) in [6.45, 7) is 8.54. The molecule has 1 heterocycles. The summed E-state index contributed by atoms with van der Waals surface area (Å²) in [6, 6.07) is 11.4. The van der Waals surface area contributed by atoms with Gasteiger partial charge < -0.3 is 10.2 Å². The van der Waals surface area contributed by atoms with Crippen molar-refractivity contribution in [3.63, 3.8) is 0 Å². The Kier molecular flexibility index (Phi) is 4.62. The molecule has 1 aliphatic heterocycles. The van der Waals surface area contributed by atoms with Gasteiger partial charge in [-0.25, -0.2) is 0 Å². The molecular formula is C21H24N2O2. The van der Waals surface area contributed by atoms with Crippen molar-refractivity contribution in [3.05, 3.63) is 64.2 Å². The second-order valence-corrected chi connectivity index (χ2v) is 6.97. The zero-order valence-corrected chi connectivity index (χ0v) is 15.2. The third kappa shape index (κ3) is 3.58. The quantitative estimate of drug-likeness (QED) is 0.933. The minimum Gasteiger partial charge on any atom is -0.340 e. The molecule has 0 spiro atoms. The molecule has 0 radical (unpaired) electrons. The van der Waals surface area contributed by atoms with E-state index in [1.807, 2.05) is 58.0 Å². The number of amides is 2. The van der Waals surface area contributed by atoms with Crippen molar-refractivity contribution < 1.29 is 9.59 Å². The summed E-state index contributed by atoms with van der Waals surface area (Å²) in [5.74, 6) is -0.217. The highest BCUT2D eigenvalue weighted by atomic mass is 16.2. The summed E-state index contributed by atoms with van der Waals surface area (Å²) in [5, 5.41) is 2.91. The third-order valence-electron chi connectivity index (χ3n) is 4.67. The van der Waals surface area contributed by atoms with Crippen molar-refractivity contribution in [3.8, 4) is 0 Å². The van der Waals surface area contributed by atoms with Gasteiger partial charge in [0, 0.05) is 17.8 Å². The fraction of sp³-hybridized carbons (Fsp3) is 0.333. The van der Waals surface area contributed by atoms with Crippen LogP contribution in [0.2, 0.25) is 0 Å². The Morgan fingerprint density at radius 1 is 1.00 bits per heavy atom. The van der Waals surface area contributed by atoms with Crippen molar-refractivity contribution in [1.82, 2.24) is 5.32 Å². The van der Waals surface area contributed by atoms with Gasteiger partial charge in [0.25, 0.3) is 5.91 Å². The molecule has 2 amide bonds. The van der Waals surface area contributed by atoms with Crippen molar-refractivity contribution >= 4 is 17.5 Å². The number of carbonyl (C=O) groups excluding carboxylic acids is 2. The van der Waals surface area contributed by atoms with E-state index >= 15 is 0 Å². The third-order valence-corrected chi connectivity index (χ3v) is 4.67. The Morgan fingerprint density at radius 2 is 1.68 bits per heavy atom. The Labute approximate surface area is 148 Å². The van der Waals surface area contributed by atoms with Gasteiger partial charge in [-0.3, -0.25) is 9.59 Å². The van der Waals surface area contributed by atoms with Crippen LogP contribution < -0.4 is 10.2 Å². The predicted octanol–water partition coefficient (Wildman–Crippen LogP) is 3.46. The van der Waals surface area contributed by atoms with E-state index in [1.54, 1.807) is 4.90 Å². The lowest BCUT2D eigenvalue weighted by atomic mass is 10.0. The maximum Gasteiger partial charge on any atom is 0.252 e. The molecule has 130 valence electrons. The highest BCUT2D eigenvalue weighted by molar-refractivity contribution is 6.04. The Morgan fingerprint density at radius 3 is 2.36 bits per heavy atom. The molecule has 1 atom stereocenters. The molecule has 0 unspecified atom stereocenters. The normalized spacial score (nSPS) is 17.0. The zero-order valence-electron chi connectivity index (χ0n) is 15.2. The number of aryl methyl sites for hydroxylation is 4. The van der Waals surface area contributed by atoms with Crippen LogP contribution in [0.25, 0.3) is 0 Å². The lowest BCUT2D eigenvalue weighted by Gasteiger charge is -2.19. The second-order valence-electron chi connectivity index (χ2n) is 6.97.